The Labute approximate surface area is 192 Å². The number of ether oxygens (including phenoxy) is 2. The molecule has 0 aromatic heterocycles. The maximum atomic E-state index is 12.6. The van der Waals surface area contributed by atoms with Gasteiger partial charge in [-0.1, -0.05) is 23.8 Å². The lowest BCUT2D eigenvalue weighted by Crippen LogP contribution is -2.15. The summed E-state index contributed by atoms with van der Waals surface area (Å²) in [4.78, 5) is 24.0. The van der Waals surface area contributed by atoms with Crippen LogP contribution in [0.3, 0.4) is 0 Å². The first-order valence-electron chi connectivity index (χ1n) is 10.2. The van der Waals surface area contributed by atoms with Crippen LogP contribution < -0.4 is 14.8 Å². The van der Waals surface area contributed by atoms with Crippen molar-refractivity contribution in [2.75, 3.05) is 23.3 Å². The van der Waals surface area contributed by atoms with Crippen LogP contribution in [-0.2, 0) is 19.6 Å². The topological polar surface area (TPSA) is 111 Å². The molecule has 3 aromatic carbocycles. The van der Waals surface area contributed by atoms with E-state index in [2.05, 4.69) is 10.0 Å². The minimum Gasteiger partial charge on any atom is -0.482 e. The molecule has 172 valence electrons. The molecular formula is C24H24N2O6S. The van der Waals surface area contributed by atoms with E-state index in [4.69, 9.17) is 9.47 Å². The summed E-state index contributed by atoms with van der Waals surface area (Å²) < 4.78 is 37.8. The molecule has 0 spiro atoms. The second kappa shape index (κ2) is 10.6. The number of carbonyl (C=O) groups excluding carboxylic acids is 2. The Morgan fingerprint density at radius 3 is 2.27 bits per heavy atom. The fourth-order valence-electron chi connectivity index (χ4n) is 2.83. The van der Waals surface area contributed by atoms with Gasteiger partial charge in [-0.15, -0.1) is 0 Å². The third-order valence-electron chi connectivity index (χ3n) is 4.48. The Hall–Kier alpha value is -3.85. The highest BCUT2D eigenvalue weighted by atomic mass is 32.2. The second-order valence-corrected chi connectivity index (χ2v) is 8.75. The second-order valence-electron chi connectivity index (χ2n) is 7.07. The van der Waals surface area contributed by atoms with Crippen LogP contribution in [0.25, 0.3) is 0 Å². The third kappa shape index (κ3) is 6.81. The van der Waals surface area contributed by atoms with Gasteiger partial charge in [0.15, 0.2) is 6.61 Å². The molecule has 0 atom stereocenters. The number of aryl methyl sites for hydroxylation is 1. The molecule has 8 nitrogen and oxygen atoms in total. The zero-order valence-corrected chi connectivity index (χ0v) is 19.0. The number of amides is 1. The molecule has 0 heterocycles. The number of esters is 1. The molecule has 2 N–H and O–H groups in total. The number of anilines is 2. The lowest BCUT2D eigenvalue weighted by Gasteiger charge is -2.10. The van der Waals surface area contributed by atoms with Crippen molar-refractivity contribution in [3.63, 3.8) is 0 Å². The van der Waals surface area contributed by atoms with Crippen LogP contribution in [-0.4, -0.2) is 33.5 Å². The lowest BCUT2D eigenvalue weighted by molar-refractivity contribution is -0.145. The number of hydrogen-bond acceptors (Lipinski definition) is 6. The average Bonchev–Trinajstić information content (AvgIpc) is 2.80. The van der Waals surface area contributed by atoms with Gasteiger partial charge in [0.25, 0.3) is 15.9 Å². The molecule has 1 amide bonds. The normalized spacial score (nSPS) is 10.8. The summed E-state index contributed by atoms with van der Waals surface area (Å²) >= 11 is 0. The van der Waals surface area contributed by atoms with Gasteiger partial charge in [-0.05, 0) is 62.4 Å². The maximum absolute atomic E-state index is 12.6. The lowest BCUT2D eigenvalue weighted by atomic mass is 10.2. The smallest absolute Gasteiger partial charge is 0.344 e. The Kier molecular flexibility index (Phi) is 7.68. The molecule has 3 rings (SSSR count). The molecule has 0 fully saturated rings. The highest BCUT2D eigenvalue weighted by Gasteiger charge is 2.15. The van der Waals surface area contributed by atoms with Crippen molar-refractivity contribution >= 4 is 33.3 Å². The Balaban J connectivity index is 1.64. The summed E-state index contributed by atoms with van der Waals surface area (Å²) in [5.74, 6) is -0.517. The molecule has 33 heavy (non-hydrogen) atoms. The van der Waals surface area contributed by atoms with Crippen molar-refractivity contribution in [3.8, 4) is 5.75 Å². The van der Waals surface area contributed by atoms with Gasteiger partial charge in [-0.25, -0.2) is 13.2 Å². The fraction of sp³-hybridized carbons (Fsp3) is 0.167. The summed E-state index contributed by atoms with van der Waals surface area (Å²) in [5, 5.41) is 2.71. The number of sulfonamides is 1. The number of nitrogens with one attached hydrogen (secondary N) is 2. The van der Waals surface area contributed by atoms with Crippen LogP contribution in [0.5, 0.6) is 5.75 Å². The van der Waals surface area contributed by atoms with E-state index in [-0.39, 0.29) is 23.7 Å². The van der Waals surface area contributed by atoms with E-state index in [1.54, 1.807) is 43.3 Å². The zero-order valence-electron chi connectivity index (χ0n) is 18.2. The minimum absolute atomic E-state index is 0.0361. The van der Waals surface area contributed by atoms with Gasteiger partial charge >= 0.3 is 5.97 Å². The van der Waals surface area contributed by atoms with Crippen molar-refractivity contribution in [3.05, 3.63) is 83.9 Å². The monoisotopic (exact) mass is 468 g/mol. The van der Waals surface area contributed by atoms with Crippen molar-refractivity contribution in [1.29, 1.82) is 0 Å². The number of carbonyl (C=O) groups is 2. The number of hydrogen-bond donors (Lipinski definition) is 2. The maximum Gasteiger partial charge on any atom is 0.344 e. The van der Waals surface area contributed by atoms with E-state index < -0.39 is 21.9 Å². The van der Waals surface area contributed by atoms with Gasteiger partial charge in [-0.2, -0.15) is 0 Å². The Bertz CT molecular complexity index is 1220. The van der Waals surface area contributed by atoms with E-state index in [1.165, 1.54) is 24.3 Å². The van der Waals surface area contributed by atoms with Crippen LogP contribution in [0, 0.1) is 6.92 Å². The van der Waals surface area contributed by atoms with E-state index >= 15 is 0 Å². The predicted molar refractivity (Wildman–Crippen MR) is 125 cm³/mol. The van der Waals surface area contributed by atoms with Crippen molar-refractivity contribution in [2.45, 2.75) is 18.7 Å². The largest absolute Gasteiger partial charge is 0.482 e. The van der Waals surface area contributed by atoms with Crippen molar-refractivity contribution in [1.82, 2.24) is 0 Å². The first kappa shape index (κ1) is 23.8. The van der Waals surface area contributed by atoms with E-state index in [9.17, 15) is 18.0 Å². The standard InChI is InChI=1S/C24H24N2O6S/c1-3-31-23(27)16-32-21-6-4-5-20(15-21)25-24(28)18-9-13-22(14-10-18)33(29,30)26-19-11-7-17(2)8-12-19/h4-15,26H,3,16H2,1-2H3,(H,25,28). The molecule has 0 aliphatic rings. The van der Waals surface area contributed by atoms with E-state index in [1.807, 2.05) is 19.1 Å². The SMILES string of the molecule is CCOC(=O)COc1cccc(NC(=O)c2ccc(S(=O)(=O)Nc3ccc(C)cc3)cc2)c1. The molecule has 0 saturated carbocycles. The first-order chi connectivity index (χ1) is 15.8. The minimum atomic E-state index is -3.79. The molecule has 0 bridgehead atoms. The Morgan fingerprint density at radius 1 is 0.909 bits per heavy atom. The summed E-state index contributed by atoms with van der Waals surface area (Å²) in [5.41, 5.74) is 2.21. The van der Waals surface area contributed by atoms with Gasteiger partial charge in [0.1, 0.15) is 5.75 Å². The van der Waals surface area contributed by atoms with Crippen LogP contribution >= 0.6 is 0 Å². The zero-order chi connectivity index (χ0) is 23.8. The third-order valence-corrected chi connectivity index (χ3v) is 5.88. The van der Waals surface area contributed by atoms with E-state index in [0.29, 0.717) is 17.1 Å². The molecule has 0 aliphatic heterocycles. The first-order valence-corrected chi connectivity index (χ1v) is 11.6. The van der Waals surface area contributed by atoms with E-state index in [0.717, 1.165) is 5.56 Å². The quantitative estimate of drug-likeness (QED) is 0.460. The Morgan fingerprint density at radius 2 is 1.61 bits per heavy atom. The molecular weight excluding hydrogens is 444 g/mol. The highest BCUT2D eigenvalue weighted by Crippen LogP contribution is 2.20. The molecule has 0 saturated heterocycles. The summed E-state index contributed by atoms with van der Waals surface area (Å²) in [6.07, 6.45) is 0. The number of rotatable bonds is 9. The number of benzene rings is 3. The van der Waals surface area contributed by atoms with Crippen LogP contribution in [0.1, 0.15) is 22.8 Å². The molecule has 0 unspecified atom stereocenters. The van der Waals surface area contributed by atoms with Crippen molar-refractivity contribution < 1.29 is 27.5 Å². The van der Waals surface area contributed by atoms with Gasteiger partial charge < -0.3 is 14.8 Å². The fourth-order valence-corrected chi connectivity index (χ4v) is 3.89. The summed E-state index contributed by atoms with van der Waals surface area (Å²) in [6, 6.07) is 19.1. The van der Waals surface area contributed by atoms with Gasteiger partial charge in [-0.3, -0.25) is 9.52 Å². The van der Waals surface area contributed by atoms with Gasteiger partial charge in [0, 0.05) is 23.0 Å². The molecule has 0 radical (unpaired) electrons. The molecule has 3 aromatic rings. The molecule has 9 heteroatoms. The van der Waals surface area contributed by atoms with Crippen LogP contribution in [0.2, 0.25) is 0 Å². The van der Waals surface area contributed by atoms with Crippen molar-refractivity contribution in [2.24, 2.45) is 0 Å². The predicted octanol–water partition coefficient (Wildman–Crippen LogP) is 3.99. The van der Waals surface area contributed by atoms with Gasteiger partial charge in [0.05, 0.1) is 11.5 Å². The average molecular weight is 469 g/mol. The van der Waals surface area contributed by atoms with Crippen LogP contribution in [0.4, 0.5) is 11.4 Å². The van der Waals surface area contributed by atoms with Crippen LogP contribution in [0.15, 0.2) is 77.7 Å². The summed E-state index contributed by atoms with van der Waals surface area (Å²) in [7, 11) is -3.79. The highest BCUT2D eigenvalue weighted by molar-refractivity contribution is 7.92. The van der Waals surface area contributed by atoms with Gasteiger partial charge in [0.2, 0.25) is 0 Å². The molecule has 0 aliphatic carbocycles. The summed E-state index contributed by atoms with van der Waals surface area (Å²) in [6.45, 7) is 3.64.